The lowest BCUT2D eigenvalue weighted by molar-refractivity contribution is 0.750. The molecule has 2 aliphatic rings. The van der Waals surface area contributed by atoms with Crippen molar-refractivity contribution in [3.63, 3.8) is 0 Å². The van der Waals surface area contributed by atoms with Crippen LogP contribution in [-0.2, 0) is 0 Å². The van der Waals surface area contributed by atoms with Crippen molar-refractivity contribution in [2.75, 3.05) is 23.3 Å². The Balaban J connectivity index is 1.74. The van der Waals surface area contributed by atoms with E-state index in [-0.39, 0.29) is 0 Å². The molecule has 2 aromatic rings. The molecule has 1 saturated heterocycles. The molecule has 1 aliphatic heterocycles. The van der Waals surface area contributed by atoms with Crippen LogP contribution in [0.15, 0.2) is 24.3 Å². The van der Waals surface area contributed by atoms with Crippen molar-refractivity contribution in [2.45, 2.75) is 44.6 Å². The van der Waals surface area contributed by atoms with Crippen LogP contribution in [0.25, 0.3) is 10.9 Å². The monoisotopic (exact) mass is 282 g/mol. The highest BCUT2D eigenvalue weighted by atomic mass is 15.3. The van der Waals surface area contributed by atoms with Gasteiger partial charge < -0.3 is 10.2 Å². The van der Waals surface area contributed by atoms with Gasteiger partial charge in [-0.3, -0.25) is 0 Å². The van der Waals surface area contributed by atoms with Gasteiger partial charge >= 0.3 is 0 Å². The van der Waals surface area contributed by atoms with E-state index in [0.717, 1.165) is 35.8 Å². The number of benzene rings is 1. The van der Waals surface area contributed by atoms with Crippen LogP contribution in [-0.4, -0.2) is 29.1 Å². The summed E-state index contributed by atoms with van der Waals surface area (Å²) >= 11 is 0. The second-order valence-electron chi connectivity index (χ2n) is 6.21. The van der Waals surface area contributed by atoms with Crippen LogP contribution in [0.3, 0.4) is 0 Å². The van der Waals surface area contributed by atoms with E-state index >= 15 is 0 Å². The topological polar surface area (TPSA) is 41.1 Å². The zero-order valence-corrected chi connectivity index (χ0v) is 12.4. The highest BCUT2D eigenvalue weighted by molar-refractivity contribution is 5.90. The van der Waals surface area contributed by atoms with Crippen LogP contribution >= 0.6 is 0 Å². The largest absolute Gasteiger partial charge is 0.367 e. The number of fused-ring (bicyclic) bond motifs is 1. The van der Waals surface area contributed by atoms with Crippen LogP contribution in [0.5, 0.6) is 0 Å². The molecule has 1 N–H and O–H groups in total. The van der Waals surface area contributed by atoms with Crippen LogP contribution in [0.1, 0.15) is 38.5 Å². The third-order valence-corrected chi connectivity index (χ3v) is 4.68. The van der Waals surface area contributed by atoms with Gasteiger partial charge in [0, 0.05) is 24.5 Å². The fraction of sp³-hybridized carbons (Fsp3) is 0.529. The Bertz CT molecular complexity index is 628. The zero-order valence-electron chi connectivity index (χ0n) is 12.4. The van der Waals surface area contributed by atoms with Gasteiger partial charge in [0.1, 0.15) is 5.82 Å². The van der Waals surface area contributed by atoms with Gasteiger partial charge in [-0.25, -0.2) is 4.98 Å². The lowest BCUT2D eigenvalue weighted by Gasteiger charge is -2.19. The molecule has 1 saturated carbocycles. The van der Waals surface area contributed by atoms with E-state index in [2.05, 4.69) is 34.5 Å². The lowest BCUT2D eigenvalue weighted by atomic mass is 10.2. The number of nitrogens with zero attached hydrogens (tertiary/aromatic N) is 3. The van der Waals surface area contributed by atoms with Crippen molar-refractivity contribution < 1.29 is 0 Å². The van der Waals surface area contributed by atoms with Crippen LogP contribution in [0, 0.1) is 0 Å². The number of rotatable bonds is 3. The normalized spacial score (nSPS) is 19.5. The number of aromatic nitrogens is 2. The third-order valence-electron chi connectivity index (χ3n) is 4.68. The predicted octanol–water partition coefficient (Wildman–Crippen LogP) is 3.58. The summed E-state index contributed by atoms with van der Waals surface area (Å²) < 4.78 is 0. The summed E-state index contributed by atoms with van der Waals surface area (Å²) in [7, 11) is 0. The first-order chi connectivity index (χ1) is 10.4. The Labute approximate surface area is 125 Å². The molecule has 1 aromatic carbocycles. The van der Waals surface area contributed by atoms with E-state index in [0.29, 0.717) is 6.04 Å². The Hall–Kier alpha value is -1.84. The minimum Gasteiger partial charge on any atom is -0.367 e. The van der Waals surface area contributed by atoms with Crippen molar-refractivity contribution in [3.8, 4) is 0 Å². The van der Waals surface area contributed by atoms with Crippen molar-refractivity contribution >= 4 is 22.7 Å². The maximum Gasteiger partial charge on any atom is 0.227 e. The highest BCUT2D eigenvalue weighted by Crippen LogP contribution is 2.28. The molecule has 110 valence electrons. The second-order valence-corrected chi connectivity index (χ2v) is 6.21. The van der Waals surface area contributed by atoms with Gasteiger partial charge in [-0.05, 0) is 37.8 Å². The molecule has 1 aliphatic carbocycles. The fourth-order valence-electron chi connectivity index (χ4n) is 3.50. The summed E-state index contributed by atoms with van der Waals surface area (Å²) in [5, 5.41) is 4.82. The molecule has 4 nitrogen and oxygen atoms in total. The molecule has 2 heterocycles. The van der Waals surface area contributed by atoms with Gasteiger partial charge in [-0.2, -0.15) is 4.98 Å². The van der Waals surface area contributed by atoms with E-state index in [1.807, 2.05) is 0 Å². The predicted molar refractivity (Wildman–Crippen MR) is 86.9 cm³/mol. The van der Waals surface area contributed by atoms with Gasteiger partial charge in [-0.15, -0.1) is 0 Å². The smallest absolute Gasteiger partial charge is 0.227 e. The second kappa shape index (κ2) is 5.51. The quantitative estimate of drug-likeness (QED) is 0.934. The zero-order chi connectivity index (χ0) is 14.1. The molecule has 4 rings (SSSR count). The minimum absolute atomic E-state index is 0.578. The molecule has 4 heteroatoms. The molecule has 0 radical (unpaired) electrons. The van der Waals surface area contributed by atoms with E-state index in [1.165, 1.54) is 38.5 Å². The molecule has 0 unspecified atom stereocenters. The van der Waals surface area contributed by atoms with E-state index in [9.17, 15) is 0 Å². The van der Waals surface area contributed by atoms with Gasteiger partial charge in [-0.1, -0.05) is 25.0 Å². The number of nitrogens with one attached hydrogen (secondary N) is 1. The lowest BCUT2D eigenvalue weighted by Crippen LogP contribution is -2.22. The fourth-order valence-corrected chi connectivity index (χ4v) is 3.50. The summed E-state index contributed by atoms with van der Waals surface area (Å²) in [5.41, 5.74) is 1.05. The van der Waals surface area contributed by atoms with Crippen LogP contribution in [0.4, 0.5) is 11.8 Å². The average molecular weight is 282 g/mol. The molecular formula is C17H22N4. The molecule has 0 amide bonds. The standard InChI is InChI=1S/C17H22N4/c1-2-8-13(7-1)18-16-14-9-3-4-10-15(14)19-17(20-16)21-11-5-6-12-21/h3-4,9-10,13H,1-2,5-8,11-12H2,(H,18,19,20). The Morgan fingerprint density at radius 3 is 2.52 bits per heavy atom. The molecule has 0 atom stereocenters. The molecule has 0 bridgehead atoms. The van der Waals surface area contributed by atoms with Crippen molar-refractivity contribution in [1.82, 2.24) is 9.97 Å². The number of hydrogen-bond acceptors (Lipinski definition) is 4. The van der Waals surface area contributed by atoms with Gasteiger partial charge in [0.25, 0.3) is 0 Å². The van der Waals surface area contributed by atoms with Gasteiger partial charge in [0.05, 0.1) is 5.52 Å². The maximum atomic E-state index is 4.85. The van der Waals surface area contributed by atoms with E-state index in [1.54, 1.807) is 0 Å². The van der Waals surface area contributed by atoms with Gasteiger partial charge in [0.2, 0.25) is 5.95 Å². The third kappa shape index (κ3) is 2.55. The summed E-state index contributed by atoms with van der Waals surface area (Å²) in [4.78, 5) is 11.9. The van der Waals surface area contributed by atoms with Crippen molar-refractivity contribution in [3.05, 3.63) is 24.3 Å². The SMILES string of the molecule is c1ccc2c(NC3CCCC3)nc(N3CCCC3)nc2c1. The number of hydrogen-bond donors (Lipinski definition) is 1. The molecule has 0 spiro atoms. The molecule has 21 heavy (non-hydrogen) atoms. The Kier molecular flexibility index (Phi) is 3.37. The maximum absolute atomic E-state index is 4.85. The summed E-state index contributed by atoms with van der Waals surface area (Å²) in [6.07, 6.45) is 7.69. The summed E-state index contributed by atoms with van der Waals surface area (Å²) in [6, 6.07) is 8.93. The van der Waals surface area contributed by atoms with Crippen molar-refractivity contribution in [1.29, 1.82) is 0 Å². The Morgan fingerprint density at radius 2 is 1.71 bits per heavy atom. The van der Waals surface area contributed by atoms with Gasteiger partial charge in [0.15, 0.2) is 0 Å². The summed E-state index contributed by atoms with van der Waals surface area (Å²) in [6.45, 7) is 2.17. The van der Waals surface area contributed by atoms with Crippen LogP contribution in [0.2, 0.25) is 0 Å². The summed E-state index contributed by atoms with van der Waals surface area (Å²) in [5.74, 6) is 1.92. The Morgan fingerprint density at radius 1 is 0.952 bits per heavy atom. The molecular weight excluding hydrogens is 260 g/mol. The van der Waals surface area contributed by atoms with Crippen LogP contribution < -0.4 is 10.2 Å². The number of para-hydroxylation sites is 1. The molecule has 1 aromatic heterocycles. The van der Waals surface area contributed by atoms with Crippen molar-refractivity contribution in [2.24, 2.45) is 0 Å². The van der Waals surface area contributed by atoms with E-state index < -0.39 is 0 Å². The first kappa shape index (κ1) is 12.9. The average Bonchev–Trinajstić information content (AvgIpc) is 3.20. The first-order valence-corrected chi connectivity index (χ1v) is 8.18. The minimum atomic E-state index is 0.578. The van der Waals surface area contributed by atoms with E-state index in [4.69, 9.17) is 9.97 Å². The molecule has 2 fully saturated rings. The number of anilines is 2. The highest BCUT2D eigenvalue weighted by Gasteiger charge is 2.20. The first-order valence-electron chi connectivity index (χ1n) is 8.18.